The summed E-state index contributed by atoms with van der Waals surface area (Å²) in [5.41, 5.74) is 11.8. The standard InChI is InChI=1S/C19H26FN5O/c20-14-9-6-10-15(26-13-7-2-3-8-13)16(14)25-18(22)23-17(21)24-19(25)11-4-1-5-12-19/h6,9-10,13H,1-5,7-8,11-12H2,(H4,21,22,23,24). The Kier molecular flexibility index (Phi) is 4.46. The van der Waals surface area contributed by atoms with E-state index in [9.17, 15) is 0 Å². The molecular formula is C19H26FN5O. The normalized spacial score (nSPS) is 23.0. The second-order valence-electron chi connectivity index (χ2n) is 7.43. The zero-order chi connectivity index (χ0) is 18.1. The summed E-state index contributed by atoms with van der Waals surface area (Å²) in [4.78, 5) is 10.5. The highest BCUT2D eigenvalue weighted by Crippen LogP contribution is 2.44. The molecular weight excluding hydrogens is 333 g/mol. The van der Waals surface area contributed by atoms with Gasteiger partial charge in [0.1, 0.15) is 17.1 Å². The fraction of sp³-hybridized carbons (Fsp3) is 0.579. The number of halogens is 1. The maximum Gasteiger partial charge on any atom is 0.220 e. The van der Waals surface area contributed by atoms with E-state index in [0.717, 1.165) is 57.8 Å². The summed E-state index contributed by atoms with van der Waals surface area (Å²) in [6.45, 7) is 0. The molecule has 0 aromatic heterocycles. The van der Waals surface area contributed by atoms with Crippen LogP contribution in [0.4, 0.5) is 10.1 Å². The van der Waals surface area contributed by atoms with E-state index in [1.165, 1.54) is 6.07 Å². The predicted molar refractivity (Wildman–Crippen MR) is 101 cm³/mol. The summed E-state index contributed by atoms with van der Waals surface area (Å²) in [6, 6.07) is 4.91. The molecule has 6 nitrogen and oxygen atoms in total. The van der Waals surface area contributed by atoms with Crippen LogP contribution in [0.2, 0.25) is 0 Å². The van der Waals surface area contributed by atoms with E-state index < -0.39 is 5.66 Å². The van der Waals surface area contributed by atoms with E-state index in [1.807, 2.05) is 6.07 Å². The first-order valence-corrected chi connectivity index (χ1v) is 9.54. The second kappa shape index (κ2) is 6.78. The molecule has 0 saturated heterocycles. The Morgan fingerprint density at radius 3 is 2.54 bits per heavy atom. The molecule has 2 fully saturated rings. The van der Waals surface area contributed by atoms with Gasteiger partial charge in [0.15, 0.2) is 5.82 Å². The number of para-hydroxylation sites is 1. The number of aliphatic imine (C=N–C) groups is 2. The number of hydrogen-bond donors (Lipinski definition) is 2. The van der Waals surface area contributed by atoms with Crippen LogP contribution in [0.25, 0.3) is 0 Å². The van der Waals surface area contributed by atoms with Gasteiger partial charge in [-0.2, -0.15) is 4.99 Å². The molecule has 0 radical (unpaired) electrons. The van der Waals surface area contributed by atoms with E-state index in [0.29, 0.717) is 11.4 Å². The largest absolute Gasteiger partial charge is 0.488 e. The summed E-state index contributed by atoms with van der Waals surface area (Å²) in [5, 5.41) is 0. The number of hydrogen-bond acceptors (Lipinski definition) is 6. The summed E-state index contributed by atoms with van der Waals surface area (Å²) >= 11 is 0. The van der Waals surface area contributed by atoms with Gasteiger partial charge in [0, 0.05) is 0 Å². The molecule has 3 aliphatic rings. The van der Waals surface area contributed by atoms with Crippen molar-refractivity contribution in [2.24, 2.45) is 21.5 Å². The van der Waals surface area contributed by atoms with Crippen LogP contribution in [0.1, 0.15) is 57.8 Å². The van der Waals surface area contributed by atoms with Crippen LogP contribution < -0.4 is 21.1 Å². The number of benzene rings is 1. The molecule has 4 rings (SSSR count). The van der Waals surface area contributed by atoms with Gasteiger partial charge in [-0.3, -0.25) is 4.90 Å². The zero-order valence-electron chi connectivity index (χ0n) is 15.0. The van der Waals surface area contributed by atoms with Crippen LogP contribution in [0.15, 0.2) is 28.2 Å². The third-order valence-electron chi connectivity index (χ3n) is 5.62. The highest BCUT2D eigenvalue weighted by Gasteiger charge is 2.44. The van der Waals surface area contributed by atoms with Gasteiger partial charge in [-0.15, -0.1) is 0 Å². The van der Waals surface area contributed by atoms with Crippen molar-refractivity contribution in [3.8, 4) is 5.75 Å². The molecule has 0 amide bonds. The third-order valence-corrected chi connectivity index (χ3v) is 5.62. The molecule has 0 unspecified atom stereocenters. The van der Waals surface area contributed by atoms with Crippen molar-refractivity contribution >= 4 is 17.6 Å². The van der Waals surface area contributed by atoms with Gasteiger partial charge in [0.05, 0.1) is 6.10 Å². The highest BCUT2D eigenvalue weighted by molar-refractivity contribution is 6.06. The predicted octanol–water partition coefficient (Wildman–Crippen LogP) is 3.26. The Morgan fingerprint density at radius 2 is 1.81 bits per heavy atom. The van der Waals surface area contributed by atoms with Crippen molar-refractivity contribution in [2.75, 3.05) is 4.90 Å². The Morgan fingerprint density at radius 1 is 1.08 bits per heavy atom. The summed E-state index contributed by atoms with van der Waals surface area (Å²) in [7, 11) is 0. The fourth-order valence-electron chi connectivity index (χ4n) is 4.44. The molecule has 26 heavy (non-hydrogen) atoms. The Labute approximate surface area is 153 Å². The fourth-order valence-corrected chi connectivity index (χ4v) is 4.44. The summed E-state index contributed by atoms with van der Waals surface area (Å²) in [5.74, 6) is 0.478. The third kappa shape index (κ3) is 2.99. The first-order chi connectivity index (χ1) is 12.6. The maximum absolute atomic E-state index is 15.0. The van der Waals surface area contributed by atoms with E-state index in [-0.39, 0.29) is 23.8 Å². The van der Waals surface area contributed by atoms with E-state index in [4.69, 9.17) is 16.2 Å². The molecule has 2 aliphatic carbocycles. The van der Waals surface area contributed by atoms with Crippen LogP contribution in [0, 0.1) is 5.82 Å². The number of anilines is 1. The van der Waals surface area contributed by atoms with E-state index in [1.54, 1.807) is 11.0 Å². The number of ether oxygens (including phenoxy) is 1. The second-order valence-corrected chi connectivity index (χ2v) is 7.43. The van der Waals surface area contributed by atoms with Gasteiger partial charge < -0.3 is 16.2 Å². The molecule has 4 N–H and O–H groups in total. The lowest BCUT2D eigenvalue weighted by Gasteiger charge is -2.46. The number of guanidine groups is 2. The lowest BCUT2D eigenvalue weighted by atomic mass is 9.87. The molecule has 1 aliphatic heterocycles. The molecule has 1 aromatic carbocycles. The van der Waals surface area contributed by atoms with Crippen LogP contribution in [0.3, 0.4) is 0 Å². The van der Waals surface area contributed by atoms with Crippen molar-refractivity contribution in [1.29, 1.82) is 0 Å². The number of rotatable bonds is 3. The topological polar surface area (TPSA) is 89.2 Å². The Hall–Kier alpha value is -2.31. The molecule has 1 aromatic rings. The minimum atomic E-state index is -0.676. The molecule has 1 heterocycles. The molecule has 1 spiro atoms. The van der Waals surface area contributed by atoms with Crippen LogP contribution in [-0.2, 0) is 0 Å². The van der Waals surface area contributed by atoms with Gasteiger partial charge in [-0.1, -0.05) is 12.5 Å². The molecule has 7 heteroatoms. The number of nitrogens with two attached hydrogens (primary N) is 2. The Balaban J connectivity index is 1.78. The molecule has 0 atom stereocenters. The van der Waals surface area contributed by atoms with Crippen molar-refractivity contribution in [3.05, 3.63) is 24.0 Å². The smallest absolute Gasteiger partial charge is 0.220 e. The van der Waals surface area contributed by atoms with Crippen LogP contribution in [-0.4, -0.2) is 23.7 Å². The van der Waals surface area contributed by atoms with Gasteiger partial charge >= 0.3 is 0 Å². The monoisotopic (exact) mass is 359 g/mol. The van der Waals surface area contributed by atoms with Gasteiger partial charge in [-0.05, 0) is 63.5 Å². The average Bonchev–Trinajstić information content (AvgIpc) is 3.10. The van der Waals surface area contributed by atoms with Gasteiger partial charge in [0.25, 0.3) is 0 Å². The lowest BCUT2D eigenvalue weighted by molar-refractivity contribution is 0.208. The molecule has 2 saturated carbocycles. The quantitative estimate of drug-likeness (QED) is 0.867. The van der Waals surface area contributed by atoms with Gasteiger partial charge in [0.2, 0.25) is 11.9 Å². The van der Waals surface area contributed by atoms with E-state index in [2.05, 4.69) is 9.98 Å². The minimum absolute atomic E-state index is 0.120. The molecule has 140 valence electrons. The highest BCUT2D eigenvalue weighted by atomic mass is 19.1. The minimum Gasteiger partial charge on any atom is -0.488 e. The first kappa shape index (κ1) is 17.1. The first-order valence-electron chi connectivity index (χ1n) is 9.54. The SMILES string of the molecule is NC1=NC2(CCCCC2)N(c2c(F)cccc2OC2CCCC2)C(N)=N1. The van der Waals surface area contributed by atoms with Crippen molar-refractivity contribution in [1.82, 2.24) is 0 Å². The van der Waals surface area contributed by atoms with Crippen LogP contribution in [0.5, 0.6) is 5.75 Å². The van der Waals surface area contributed by atoms with Crippen LogP contribution >= 0.6 is 0 Å². The summed E-state index contributed by atoms with van der Waals surface area (Å²) in [6.07, 6.45) is 9.05. The number of nitrogens with zero attached hydrogens (tertiary/aromatic N) is 3. The van der Waals surface area contributed by atoms with Crippen molar-refractivity contribution in [3.63, 3.8) is 0 Å². The van der Waals surface area contributed by atoms with Crippen molar-refractivity contribution in [2.45, 2.75) is 69.6 Å². The Bertz CT molecular complexity index is 735. The van der Waals surface area contributed by atoms with Gasteiger partial charge in [-0.25, -0.2) is 9.38 Å². The van der Waals surface area contributed by atoms with Crippen molar-refractivity contribution < 1.29 is 9.13 Å². The zero-order valence-corrected chi connectivity index (χ0v) is 15.0. The van der Waals surface area contributed by atoms with E-state index >= 15 is 4.39 Å². The average molecular weight is 359 g/mol. The lowest BCUT2D eigenvalue weighted by Crippen LogP contribution is -2.58. The summed E-state index contributed by atoms with van der Waals surface area (Å²) < 4.78 is 21.2. The molecule has 0 bridgehead atoms. The maximum atomic E-state index is 15.0.